The highest BCUT2D eigenvalue weighted by Crippen LogP contribution is 2.27. The molecule has 0 bridgehead atoms. The van der Waals surface area contributed by atoms with Crippen LogP contribution in [0.2, 0.25) is 0 Å². The van der Waals surface area contributed by atoms with Crippen LogP contribution in [0.1, 0.15) is 23.6 Å². The Hall–Kier alpha value is -1.85. The monoisotopic (exact) mass is 319 g/mol. The van der Waals surface area contributed by atoms with E-state index in [1.165, 1.54) is 5.56 Å². The van der Waals surface area contributed by atoms with E-state index < -0.39 is 10.3 Å². The largest absolute Gasteiger partial charge is 0.359 e. The van der Waals surface area contributed by atoms with E-state index in [9.17, 15) is 13.0 Å². The maximum atomic E-state index is 11.6. The van der Waals surface area contributed by atoms with Crippen LogP contribution in [0.15, 0.2) is 48.5 Å². The molecule has 0 aliphatic heterocycles. The number of aryl methyl sites for hydroxylation is 2. The molecule has 0 saturated carbocycles. The van der Waals surface area contributed by atoms with Gasteiger partial charge >= 0.3 is 10.3 Å². The lowest BCUT2D eigenvalue weighted by Crippen LogP contribution is -2.31. The molecule has 118 valence electrons. The highest BCUT2D eigenvalue weighted by atomic mass is 32.2. The Labute approximate surface area is 132 Å². The van der Waals surface area contributed by atoms with Crippen molar-refractivity contribution in [2.75, 3.05) is 10.8 Å². The average molecular weight is 319 g/mol. The fourth-order valence-electron chi connectivity index (χ4n) is 2.62. The number of hydrogen-bond donors (Lipinski definition) is 1. The Morgan fingerprint density at radius 3 is 2.27 bits per heavy atom. The average Bonchev–Trinajstić information content (AvgIpc) is 2.47. The molecule has 0 unspecified atom stereocenters. The van der Waals surface area contributed by atoms with E-state index in [4.69, 9.17) is 0 Å². The fourth-order valence-corrected chi connectivity index (χ4v) is 3.36. The molecule has 5 heteroatoms. The summed E-state index contributed by atoms with van der Waals surface area (Å²) >= 11 is 0. The van der Waals surface area contributed by atoms with E-state index in [2.05, 4.69) is 12.1 Å². The summed E-state index contributed by atoms with van der Waals surface area (Å²) in [6.07, 6.45) is 1.54. The molecule has 0 aliphatic carbocycles. The van der Waals surface area contributed by atoms with Crippen LogP contribution in [-0.4, -0.2) is 19.5 Å². The van der Waals surface area contributed by atoms with Crippen molar-refractivity contribution in [3.8, 4) is 0 Å². The number of rotatable bonds is 6. The van der Waals surface area contributed by atoms with Crippen molar-refractivity contribution in [2.45, 2.75) is 26.7 Å². The van der Waals surface area contributed by atoms with Crippen molar-refractivity contribution < 1.29 is 13.0 Å². The molecular weight excluding hydrogens is 298 g/mol. The SMILES string of the molecule is CCN(c1cccc(C)c1CCc1ccccc1)S(=O)(=O)O. The molecule has 2 aromatic rings. The normalized spacial score (nSPS) is 11.4. The van der Waals surface area contributed by atoms with Crippen molar-refractivity contribution in [3.05, 3.63) is 65.2 Å². The van der Waals surface area contributed by atoms with Gasteiger partial charge in [0.25, 0.3) is 0 Å². The number of nitrogens with zero attached hydrogens (tertiary/aromatic N) is 1. The van der Waals surface area contributed by atoms with Gasteiger partial charge in [0, 0.05) is 6.54 Å². The van der Waals surface area contributed by atoms with E-state index in [0.29, 0.717) is 5.69 Å². The topological polar surface area (TPSA) is 57.6 Å². The smallest absolute Gasteiger partial charge is 0.269 e. The predicted octanol–water partition coefficient (Wildman–Crippen LogP) is 3.41. The molecular formula is C17H21NO3S. The number of anilines is 1. The molecule has 0 aliphatic rings. The summed E-state index contributed by atoms with van der Waals surface area (Å²) in [7, 11) is -4.26. The molecule has 0 heterocycles. The third-order valence-electron chi connectivity index (χ3n) is 3.73. The van der Waals surface area contributed by atoms with Gasteiger partial charge in [0.1, 0.15) is 0 Å². The minimum atomic E-state index is -4.26. The molecule has 1 N–H and O–H groups in total. The Morgan fingerprint density at radius 2 is 1.68 bits per heavy atom. The highest BCUT2D eigenvalue weighted by Gasteiger charge is 2.21. The zero-order valence-corrected chi connectivity index (χ0v) is 13.7. The van der Waals surface area contributed by atoms with Gasteiger partial charge in [-0.2, -0.15) is 8.42 Å². The summed E-state index contributed by atoms with van der Waals surface area (Å²) in [6.45, 7) is 3.86. The first-order valence-electron chi connectivity index (χ1n) is 7.31. The van der Waals surface area contributed by atoms with Gasteiger partial charge in [-0.15, -0.1) is 0 Å². The van der Waals surface area contributed by atoms with Gasteiger partial charge in [-0.05, 0) is 49.4 Å². The minimum Gasteiger partial charge on any atom is -0.269 e. The Balaban J connectivity index is 2.34. The summed E-state index contributed by atoms with van der Waals surface area (Å²) in [5.74, 6) is 0. The van der Waals surface area contributed by atoms with Crippen molar-refractivity contribution in [1.82, 2.24) is 0 Å². The molecule has 0 aromatic heterocycles. The van der Waals surface area contributed by atoms with Crippen LogP contribution in [0.4, 0.5) is 5.69 Å². The van der Waals surface area contributed by atoms with Crippen molar-refractivity contribution in [3.63, 3.8) is 0 Å². The second-order valence-electron chi connectivity index (χ2n) is 5.20. The van der Waals surface area contributed by atoms with E-state index in [0.717, 1.165) is 28.3 Å². The molecule has 2 rings (SSSR count). The standard InChI is InChI=1S/C17H21NO3S/c1-3-18(22(19,20)21)17-11-7-8-14(2)16(17)13-12-15-9-5-4-6-10-15/h4-11H,3,12-13H2,1-2H3,(H,19,20,21). The van der Waals surface area contributed by atoms with Gasteiger partial charge in [-0.1, -0.05) is 42.5 Å². The summed E-state index contributed by atoms with van der Waals surface area (Å²) in [5, 5.41) is 0. The summed E-state index contributed by atoms with van der Waals surface area (Å²) in [6, 6.07) is 15.6. The molecule has 22 heavy (non-hydrogen) atoms. The van der Waals surface area contributed by atoms with E-state index in [1.54, 1.807) is 13.0 Å². The van der Waals surface area contributed by atoms with Gasteiger partial charge in [0.05, 0.1) is 5.69 Å². The van der Waals surface area contributed by atoms with Crippen molar-refractivity contribution in [1.29, 1.82) is 0 Å². The van der Waals surface area contributed by atoms with Crippen molar-refractivity contribution >= 4 is 16.0 Å². The molecule has 0 radical (unpaired) electrons. The Bertz CT molecular complexity index is 727. The first kappa shape index (κ1) is 16.5. The van der Waals surface area contributed by atoms with Crippen LogP contribution < -0.4 is 4.31 Å². The van der Waals surface area contributed by atoms with E-state index in [-0.39, 0.29) is 6.54 Å². The van der Waals surface area contributed by atoms with Crippen LogP contribution in [0, 0.1) is 6.92 Å². The maximum absolute atomic E-state index is 11.6. The molecule has 0 fully saturated rings. The van der Waals surface area contributed by atoms with Gasteiger partial charge in [0.2, 0.25) is 0 Å². The quantitative estimate of drug-likeness (QED) is 0.830. The van der Waals surface area contributed by atoms with E-state index >= 15 is 0 Å². The third kappa shape index (κ3) is 3.87. The first-order valence-corrected chi connectivity index (χ1v) is 8.70. The maximum Gasteiger partial charge on any atom is 0.359 e. The van der Waals surface area contributed by atoms with Crippen LogP contribution in [0.5, 0.6) is 0 Å². The summed E-state index contributed by atoms with van der Waals surface area (Å²) in [4.78, 5) is 0. The minimum absolute atomic E-state index is 0.195. The van der Waals surface area contributed by atoms with Crippen LogP contribution in [0.3, 0.4) is 0 Å². The number of hydrogen-bond acceptors (Lipinski definition) is 2. The zero-order valence-electron chi connectivity index (χ0n) is 12.9. The lowest BCUT2D eigenvalue weighted by atomic mass is 9.98. The van der Waals surface area contributed by atoms with Crippen LogP contribution in [-0.2, 0) is 23.1 Å². The van der Waals surface area contributed by atoms with Crippen molar-refractivity contribution in [2.24, 2.45) is 0 Å². The third-order valence-corrected chi connectivity index (χ3v) is 4.74. The Kier molecular flexibility index (Phi) is 5.21. The fraction of sp³-hybridized carbons (Fsp3) is 0.294. The summed E-state index contributed by atoms with van der Waals surface area (Å²) < 4.78 is 33.6. The van der Waals surface area contributed by atoms with Crippen LogP contribution >= 0.6 is 0 Å². The first-order chi connectivity index (χ1) is 10.4. The lowest BCUT2D eigenvalue weighted by Gasteiger charge is -2.23. The molecule has 0 amide bonds. The Morgan fingerprint density at radius 1 is 1.00 bits per heavy atom. The number of benzene rings is 2. The molecule has 0 atom stereocenters. The van der Waals surface area contributed by atoms with Crippen LogP contribution in [0.25, 0.3) is 0 Å². The van der Waals surface area contributed by atoms with Gasteiger partial charge < -0.3 is 0 Å². The van der Waals surface area contributed by atoms with Gasteiger partial charge in [-0.25, -0.2) is 4.31 Å². The molecule has 0 spiro atoms. The molecule has 0 saturated heterocycles. The predicted molar refractivity (Wildman–Crippen MR) is 89.6 cm³/mol. The highest BCUT2D eigenvalue weighted by molar-refractivity contribution is 7.87. The van der Waals surface area contributed by atoms with Gasteiger partial charge in [-0.3, -0.25) is 4.55 Å². The second kappa shape index (κ2) is 6.94. The molecule has 2 aromatic carbocycles. The second-order valence-corrected chi connectivity index (χ2v) is 6.54. The zero-order chi connectivity index (χ0) is 16.2. The lowest BCUT2D eigenvalue weighted by molar-refractivity contribution is 0.478. The van der Waals surface area contributed by atoms with E-state index in [1.807, 2.05) is 37.3 Å². The van der Waals surface area contributed by atoms with Gasteiger partial charge in [0.15, 0.2) is 0 Å². The summed E-state index contributed by atoms with van der Waals surface area (Å²) in [5.41, 5.74) is 3.73. The molecule has 4 nitrogen and oxygen atoms in total.